The van der Waals surface area contributed by atoms with Crippen LogP contribution >= 0.6 is 11.6 Å². The molecule has 0 aliphatic heterocycles. The number of rotatable bonds is 7. The number of unbranched alkanes of at least 4 members (excludes halogenated alkanes) is 1. The van der Waals surface area contributed by atoms with Gasteiger partial charge in [-0.2, -0.15) is 0 Å². The molecule has 0 aliphatic carbocycles. The van der Waals surface area contributed by atoms with Gasteiger partial charge in [-0.05, 0) is 38.9 Å². The lowest BCUT2D eigenvalue weighted by Gasteiger charge is -2.18. The molecule has 0 radical (unpaired) electrons. The predicted octanol–water partition coefficient (Wildman–Crippen LogP) is 2.74. The van der Waals surface area contributed by atoms with Crippen LogP contribution in [0.3, 0.4) is 0 Å². The quantitative estimate of drug-likeness (QED) is 0.427. The maximum Gasteiger partial charge on any atom is 0.0223 e. The first-order valence-electron chi connectivity index (χ1n) is 4.63. The standard InChI is InChI=1S/C9H20ClN/c1-3-8-11(4-2)9-6-5-7-10/h3-9H2,1-2H3. The van der Waals surface area contributed by atoms with Crippen LogP contribution in [0, 0.1) is 0 Å². The highest BCUT2D eigenvalue weighted by Crippen LogP contribution is 1.97. The summed E-state index contributed by atoms with van der Waals surface area (Å²) in [6.07, 6.45) is 3.66. The molecule has 0 amide bonds. The summed E-state index contributed by atoms with van der Waals surface area (Å²) >= 11 is 5.59. The SMILES string of the molecule is CCCN(CC)CCCCCl. The summed E-state index contributed by atoms with van der Waals surface area (Å²) in [5.41, 5.74) is 0. The van der Waals surface area contributed by atoms with Gasteiger partial charge in [-0.3, -0.25) is 0 Å². The van der Waals surface area contributed by atoms with Crippen molar-refractivity contribution in [2.24, 2.45) is 0 Å². The van der Waals surface area contributed by atoms with Crippen molar-refractivity contribution in [3.05, 3.63) is 0 Å². The van der Waals surface area contributed by atoms with E-state index >= 15 is 0 Å². The molecule has 1 nitrogen and oxygen atoms in total. The molecule has 0 saturated heterocycles. The first-order valence-corrected chi connectivity index (χ1v) is 5.16. The van der Waals surface area contributed by atoms with Crippen molar-refractivity contribution in [2.45, 2.75) is 33.1 Å². The second kappa shape index (κ2) is 8.35. The number of halogens is 1. The fraction of sp³-hybridized carbons (Fsp3) is 1.00. The summed E-state index contributed by atoms with van der Waals surface area (Å²) in [5, 5.41) is 0. The van der Waals surface area contributed by atoms with Gasteiger partial charge in [0.25, 0.3) is 0 Å². The van der Waals surface area contributed by atoms with Crippen molar-refractivity contribution >= 4 is 11.6 Å². The van der Waals surface area contributed by atoms with Crippen LogP contribution < -0.4 is 0 Å². The summed E-state index contributed by atoms with van der Waals surface area (Å²) in [6, 6.07) is 0. The Morgan fingerprint density at radius 1 is 1.09 bits per heavy atom. The maximum absolute atomic E-state index is 5.59. The number of hydrogen-bond donors (Lipinski definition) is 0. The highest BCUT2D eigenvalue weighted by Gasteiger charge is 1.98. The van der Waals surface area contributed by atoms with Crippen LogP contribution in [0.5, 0.6) is 0 Å². The monoisotopic (exact) mass is 177 g/mol. The van der Waals surface area contributed by atoms with Crippen LogP contribution in [0.4, 0.5) is 0 Å². The summed E-state index contributed by atoms with van der Waals surface area (Å²) in [6.45, 7) is 8.08. The van der Waals surface area contributed by atoms with E-state index < -0.39 is 0 Å². The molecule has 11 heavy (non-hydrogen) atoms. The second-order valence-electron chi connectivity index (χ2n) is 2.83. The lowest BCUT2D eigenvalue weighted by molar-refractivity contribution is 0.284. The Morgan fingerprint density at radius 3 is 2.27 bits per heavy atom. The summed E-state index contributed by atoms with van der Waals surface area (Å²) in [4.78, 5) is 2.48. The molecule has 0 heterocycles. The van der Waals surface area contributed by atoms with E-state index in [2.05, 4.69) is 18.7 Å². The van der Waals surface area contributed by atoms with Crippen molar-refractivity contribution in [2.75, 3.05) is 25.5 Å². The number of nitrogens with zero attached hydrogens (tertiary/aromatic N) is 1. The average Bonchev–Trinajstić information content (AvgIpc) is 2.03. The Labute approximate surface area is 75.7 Å². The molecule has 0 unspecified atom stereocenters. The van der Waals surface area contributed by atoms with E-state index in [1.54, 1.807) is 0 Å². The Hall–Kier alpha value is 0.250. The van der Waals surface area contributed by atoms with Gasteiger partial charge in [0.1, 0.15) is 0 Å². The molecule has 0 N–H and O–H groups in total. The first kappa shape index (κ1) is 11.2. The topological polar surface area (TPSA) is 3.24 Å². The molecule has 0 aliphatic rings. The van der Waals surface area contributed by atoms with Crippen LogP contribution in [-0.2, 0) is 0 Å². The third kappa shape index (κ3) is 6.64. The zero-order valence-corrected chi connectivity index (χ0v) is 8.53. The Morgan fingerprint density at radius 2 is 1.82 bits per heavy atom. The van der Waals surface area contributed by atoms with Crippen LogP contribution in [0.1, 0.15) is 33.1 Å². The van der Waals surface area contributed by atoms with Gasteiger partial charge in [0.15, 0.2) is 0 Å². The van der Waals surface area contributed by atoms with Crippen molar-refractivity contribution in [1.29, 1.82) is 0 Å². The van der Waals surface area contributed by atoms with Gasteiger partial charge in [0.2, 0.25) is 0 Å². The molecule has 68 valence electrons. The van der Waals surface area contributed by atoms with E-state index in [1.807, 2.05) is 0 Å². The van der Waals surface area contributed by atoms with Gasteiger partial charge in [-0.15, -0.1) is 11.6 Å². The minimum atomic E-state index is 0.809. The van der Waals surface area contributed by atoms with Gasteiger partial charge < -0.3 is 4.90 Å². The van der Waals surface area contributed by atoms with Crippen molar-refractivity contribution in [3.8, 4) is 0 Å². The fourth-order valence-corrected chi connectivity index (χ4v) is 1.36. The zero-order valence-electron chi connectivity index (χ0n) is 7.77. The average molecular weight is 178 g/mol. The molecule has 0 spiro atoms. The van der Waals surface area contributed by atoms with Gasteiger partial charge in [-0.1, -0.05) is 13.8 Å². The minimum Gasteiger partial charge on any atom is -0.304 e. The minimum absolute atomic E-state index is 0.809. The van der Waals surface area contributed by atoms with Gasteiger partial charge in [0.05, 0.1) is 0 Å². The molecular formula is C9H20ClN. The predicted molar refractivity (Wildman–Crippen MR) is 52.4 cm³/mol. The van der Waals surface area contributed by atoms with Crippen LogP contribution in [0.2, 0.25) is 0 Å². The normalized spacial score (nSPS) is 10.9. The van der Waals surface area contributed by atoms with E-state index in [4.69, 9.17) is 11.6 Å². The lowest BCUT2D eigenvalue weighted by Crippen LogP contribution is -2.25. The fourth-order valence-electron chi connectivity index (χ4n) is 1.17. The third-order valence-electron chi connectivity index (χ3n) is 1.85. The van der Waals surface area contributed by atoms with Crippen molar-refractivity contribution in [1.82, 2.24) is 4.90 Å². The van der Waals surface area contributed by atoms with Crippen LogP contribution in [0.15, 0.2) is 0 Å². The van der Waals surface area contributed by atoms with Crippen LogP contribution in [-0.4, -0.2) is 30.4 Å². The summed E-state index contributed by atoms with van der Waals surface area (Å²) in [5.74, 6) is 0.809. The largest absolute Gasteiger partial charge is 0.304 e. The van der Waals surface area contributed by atoms with Crippen molar-refractivity contribution < 1.29 is 0 Å². The first-order chi connectivity index (χ1) is 5.35. The van der Waals surface area contributed by atoms with E-state index in [1.165, 1.54) is 32.5 Å². The van der Waals surface area contributed by atoms with Gasteiger partial charge >= 0.3 is 0 Å². The van der Waals surface area contributed by atoms with Crippen LogP contribution in [0.25, 0.3) is 0 Å². The van der Waals surface area contributed by atoms with E-state index in [9.17, 15) is 0 Å². The Balaban J connectivity index is 3.20. The molecule has 0 bridgehead atoms. The third-order valence-corrected chi connectivity index (χ3v) is 2.11. The smallest absolute Gasteiger partial charge is 0.0223 e. The molecule has 0 aromatic rings. The Kier molecular flexibility index (Phi) is 8.54. The highest BCUT2D eigenvalue weighted by atomic mass is 35.5. The second-order valence-corrected chi connectivity index (χ2v) is 3.21. The summed E-state index contributed by atoms with van der Waals surface area (Å²) in [7, 11) is 0. The zero-order chi connectivity index (χ0) is 8.53. The number of hydrogen-bond acceptors (Lipinski definition) is 1. The highest BCUT2D eigenvalue weighted by molar-refractivity contribution is 6.17. The Bertz CT molecular complexity index is 76.0. The van der Waals surface area contributed by atoms with E-state index in [0.717, 1.165) is 12.3 Å². The molecule has 0 fully saturated rings. The van der Waals surface area contributed by atoms with E-state index in [0.29, 0.717) is 0 Å². The number of alkyl halides is 1. The molecule has 0 aromatic carbocycles. The molecule has 0 aromatic heterocycles. The van der Waals surface area contributed by atoms with Gasteiger partial charge in [-0.25, -0.2) is 0 Å². The molecule has 0 rings (SSSR count). The van der Waals surface area contributed by atoms with E-state index in [-0.39, 0.29) is 0 Å². The molecule has 0 atom stereocenters. The van der Waals surface area contributed by atoms with Gasteiger partial charge in [0, 0.05) is 5.88 Å². The molecule has 2 heteroatoms. The summed E-state index contributed by atoms with van der Waals surface area (Å²) < 4.78 is 0. The molecular weight excluding hydrogens is 158 g/mol. The molecule has 0 saturated carbocycles. The lowest BCUT2D eigenvalue weighted by atomic mass is 10.3. The maximum atomic E-state index is 5.59. The van der Waals surface area contributed by atoms with Crippen molar-refractivity contribution in [3.63, 3.8) is 0 Å².